The summed E-state index contributed by atoms with van der Waals surface area (Å²) in [4.78, 5) is 25.8. The molecule has 26 heavy (non-hydrogen) atoms. The Morgan fingerprint density at radius 2 is 2.19 bits per heavy atom. The molecule has 2 bridgehead atoms. The van der Waals surface area contributed by atoms with Crippen molar-refractivity contribution in [3.63, 3.8) is 0 Å². The quantitative estimate of drug-likeness (QED) is 0.424. The van der Waals surface area contributed by atoms with Gasteiger partial charge in [0.2, 0.25) is 0 Å². The first kappa shape index (κ1) is 18.5. The third kappa shape index (κ3) is 2.06. The second-order valence-electron chi connectivity index (χ2n) is 8.82. The van der Waals surface area contributed by atoms with E-state index >= 15 is 0 Å². The standard InChI is InChI=1S/C20H27BrO5/c1-11-9-19-10-12(11)5-6-13(19)20(7-4-8-22)15(14(19)16(23)25-3)18(2,21)17(24)26-20/h12-15,22H,1,4-10H2,2-3H3/t12-,13-,14-,15-,18-,19+,20-/m1/s1. The molecular formula is C20H27BrO5. The highest BCUT2D eigenvalue weighted by Gasteiger charge is 2.80. The van der Waals surface area contributed by atoms with E-state index in [4.69, 9.17) is 9.47 Å². The number of carbonyl (C=O) groups is 2. The Morgan fingerprint density at radius 1 is 1.46 bits per heavy atom. The fourth-order valence-corrected chi connectivity index (χ4v) is 7.76. The lowest BCUT2D eigenvalue weighted by Gasteiger charge is -2.43. The number of fused-ring (bicyclic) bond motifs is 3. The van der Waals surface area contributed by atoms with Gasteiger partial charge in [0.1, 0.15) is 9.93 Å². The maximum absolute atomic E-state index is 13.0. The number of ether oxygens (including phenoxy) is 2. The third-order valence-electron chi connectivity index (χ3n) is 7.77. The highest BCUT2D eigenvalue weighted by molar-refractivity contribution is 9.10. The van der Waals surface area contributed by atoms with Crippen molar-refractivity contribution in [3.8, 4) is 0 Å². The maximum Gasteiger partial charge on any atom is 0.323 e. The topological polar surface area (TPSA) is 72.8 Å². The summed E-state index contributed by atoms with van der Waals surface area (Å²) < 4.78 is 10.5. The van der Waals surface area contributed by atoms with Crippen molar-refractivity contribution in [1.29, 1.82) is 0 Å². The van der Waals surface area contributed by atoms with E-state index in [9.17, 15) is 14.7 Å². The van der Waals surface area contributed by atoms with Crippen LogP contribution in [0.25, 0.3) is 0 Å². The van der Waals surface area contributed by atoms with Crippen molar-refractivity contribution in [2.45, 2.75) is 55.4 Å². The van der Waals surface area contributed by atoms with Crippen molar-refractivity contribution in [2.24, 2.45) is 29.1 Å². The molecule has 1 N–H and O–H groups in total. The monoisotopic (exact) mass is 426 g/mol. The zero-order chi connectivity index (χ0) is 18.9. The van der Waals surface area contributed by atoms with Crippen LogP contribution in [0.1, 0.15) is 45.4 Å². The van der Waals surface area contributed by atoms with Crippen LogP contribution in [0.2, 0.25) is 0 Å². The maximum atomic E-state index is 13.0. The van der Waals surface area contributed by atoms with Crippen LogP contribution in [-0.2, 0) is 19.1 Å². The summed E-state index contributed by atoms with van der Waals surface area (Å²) in [6.07, 6.45) is 4.82. The Kier molecular flexibility index (Phi) is 4.13. The number of hydrogen-bond acceptors (Lipinski definition) is 5. The number of hydrogen-bond donors (Lipinski definition) is 1. The van der Waals surface area contributed by atoms with E-state index in [-0.39, 0.29) is 35.8 Å². The average molecular weight is 427 g/mol. The van der Waals surface area contributed by atoms with E-state index in [0.29, 0.717) is 18.8 Å². The Bertz CT molecular complexity index is 673. The van der Waals surface area contributed by atoms with E-state index in [1.165, 1.54) is 12.7 Å². The number of carbonyl (C=O) groups excluding carboxylic acids is 2. The molecule has 1 heterocycles. The minimum absolute atomic E-state index is 0.0446. The average Bonchev–Trinajstić information content (AvgIpc) is 3.08. The van der Waals surface area contributed by atoms with Gasteiger partial charge in [-0.15, -0.1) is 0 Å². The summed E-state index contributed by atoms with van der Waals surface area (Å²) in [5.41, 5.74) is 0.261. The molecule has 0 aromatic heterocycles. The highest BCUT2D eigenvalue weighted by atomic mass is 79.9. The zero-order valence-electron chi connectivity index (χ0n) is 15.4. The number of halogens is 1. The summed E-state index contributed by atoms with van der Waals surface area (Å²) in [7, 11) is 1.43. The van der Waals surface area contributed by atoms with Crippen molar-refractivity contribution in [1.82, 2.24) is 0 Å². The molecule has 144 valence electrons. The molecule has 6 heteroatoms. The molecule has 1 saturated heterocycles. The van der Waals surface area contributed by atoms with Gasteiger partial charge in [-0.3, -0.25) is 9.59 Å². The molecule has 0 aromatic carbocycles. The van der Waals surface area contributed by atoms with Crippen LogP contribution < -0.4 is 0 Å². The lowest BCUT2D eigenvalue weighted by molar-refractivity contribution is -0.159. The first-order valence-corrected chi connectivity index (χ1v) is 10.3. The van der Waals surface area contributed by atoms with Gasteiger partial charge in [0.25, 0.3) is 0 Å². The molecule has 0 unspecified atom stereocenters. The molecule has 5 nitrogen and oxygen atoms in total. The second-order valence-corrected chi connectivity index (χ2v) is 10.5. The number of allylic oxidation sites excluding steroid dienone is 1. The van der Waals surface area contributed by atoms with Crippen molar-refractivity contribution < 1.29 is 24.2 Å². The zero-order valence-corrected chi connectivity index (χ0v) is 17.0. The molecule has 0 amide bonds. The van der Waals surface area contributed by atoms with Gasteiger partial charge < -0.3 is 14.6 Å². The predicted molar refractivity (Wildman–Crippen MR) is 98.5 cm³/mol. The lowest BCUT2D eigenvalue weighted by Crippen LogP contribution is -2.44. The Hall–Kier alpha value is -0.880. The van der Waals surface area contributed by atoms with Gasteiger partial charge in [-0.25, -0.2) is 0 Å². The van der Waals surface area contributed by atoms with Gasteiger partial charge in [0, 0.05) is 18.4 Å². The van der Waals surface area contributed by atoms with Gasteiger partial charge in [0.15, 0.2) is 0 Å². The summed E-state index contributed by atoms with van der Waals surface area (Å²) >= 11 is 3.63. The van der Waals surface area contributed by atoms with E-state index in [1.54, 1.807) is 0 Å². The fraction of sp³-hybridized carbons (Fsp3) is 0.800. The number of aliphatic hydroxyl groups is 1. The van der Waals surface area contributed by atoms with E-state index in [1.807, 2.05) is 6.92 Å². The first-order chi connectivity index (χ1) is 12.2. The Balaban J connectivity index is 1.91. The fourth-order valence-electron chi connectivity index (χ4n) is 7.02. The number of alkyl halides is 1. The second kappa shape index (κ2) is 5.81. The minimum Gasteiger partial charge on any atom is -0.469 e. The normalized spacial score (nSPS) is 48.9. The van der Waals surface area contributed by atoms with Crippen LogP contribution in [-0.4, -0.2) is 40.7 Å². The van der Waals surface area contributed by atoms with Crippen molar-refractivity contribution >= 4 is 27.9 Å². The molecule has 4 rings (SSSR count). The molecule has 1 aliphatic heterocycles. The third-order valence-corrected chi connectivity index (χ3v) is 8.59. The Labute approximate surface area is 162 Å². The van der Waals surface area contributed by atoms with Gasteiger partial charge in [-0.05, 0) is 56.8 Å². The molecule has 1 spiro atoms. The number of aliphatic hydroxyl groups excluding tert-OH is 1. The van der Waals surface area contributed by atoms with Crippen molar-refractivity contribution in [2.75, 3.05) is 13.7 Å². The van der Waals surface area contributed by atoms with Crippen LogP contribution in [0.3, 0.4) is 0 Å². The largest absolute Gasteiger partial charge is 0.469 e. The Morgan fingerprint density at radius 3 is 2.85 bits per heavy atom. The number of rotatable bonds is 4. The summed E-state index contributed by atoms with van der Waals surface area (Å²) in [5, 5.41) is 9.47. The first-order valence-electron chi connectivity index (χ1n) is 9.53. The van der Waals surface area contributed by atoms with Crippen LogP contribution in [0.5, 0.6) is 0 Å². The van der Waals surface area contributed by atoms with Gasteiger partial charge in [-0.2, -0.15) is 0 Å². The predicted octanol–water partition coefficient (Wildman–Crippen LogP) is 2.99. The molecule has 3 saturated carbocycles. The molecule has 4 aliphatic rings. The van der Waals surface area contributed by atoms with Crippen molar-refractivity contribution in [3.05, 3.63) is 12.2 Å². The lowest BCUT2D eigenvalue weighted by atomic mass is 9.63. The van der Waals surface area contributed by atoms with E-state index in [0.717, 1.165) is 25.7 Å². The number of esters is 2. The number of methoxy groups -OCH3 is 1. The van der Waals surface area contributed by atoms with Gasteiger partial charge in [0.05, 0.1) is 13.0 Å². The van der Waals surface area contributed by atoms with Crippen LogP contribution in [0.4, 0.5) is 0 Å². The van der Waals surface area contributed by atoms with Gasteiger partial charge >= 0.3 is 11.9 Å². The molecule has 3 aliphatic carbocycles. The van der Waals surface area contributed by atoms with Gasteiger partial charge in [-0.1, -0.05) is 28.1 Å². The van der Waals surface area contributed by atoms with E-state index < -0.39 is 15.8 Å². The molecule has 7 atom stereocenters. The van der Waals surface area contributed by atoms with E-state index in [2.05, 4.69) is 22.5 Å². The molecule has 0 aromatic rings. The summed E-state index contributed by atoms with van der Waals surface area (Å²) in [6.45, 7) is 6.16. The van der Waals surface area contributed by atoms with Crippen LogP contribution in [0, 0.1) is 29.1 Å². The summed E-state index contributed by atoms with van der Waals surface area (Å²) in [6, 6.07) is 0. The molecular weight excluding hydrogens is 400 g/mol. The molecule has 0 radical (unpaired) electrons. The minimum atomic E-state index is -0.924. The highest BCUT2D eigenvalue weighted by Crippen LogP contribution is 2.75. The van der Waals surface area contributed by atoms with Crippen LogP contribution in [0.15, 0.2) is 12.2 Å². The summed E-state index contributed by atoms with van der Waals surface area (Å²) in [5.74, 6) is -0.683. The van der Waals surface area contributed by atoms with Crippen LogP contribution >= 0.6 is 15.9 Å². The smallest absolute Gasteiger partial charge is 0.323 e. The molecule has 4 fully saturated rings. The SMILES string of the molecule is C=C1C[C@]23C[C@H]1CC[C@H]2[C@@]1(CCCO)OC(=O)[C@](C)(Br)[C@H]1[C@@H]3C(=O)OC.